The number of carboxylic acids is 3. The third kappa shape index (κ3) is 13.3. The zero-order valence-electron chi connectivity index (χ0n) is 29.1. The molecule has 24 nitrogen and oxygen atoms in total. The number of amides is 4. The molecule has 0 radical (unpaired) electrons. The van der Waals surface area contributed by atoms with Crippen LogP contribution in [0.25, 0.3) is 11.2 Å². The maximum absolute atomic E-state index is 12.9. The highest BCUT2D eigenvalue weighted by atomic mass is 16.4. The van der Waals surface area contributed by atoms with Crippen molar-refractivity contribution in [2.24, 2.45) is 16.5 Å². The van der Waals surface area contributed by atoms with Gasteiger partial charge in [-0.1, -0.05) is 0 Å². The van der Waals surface area contributed by atoms with Crippen molar-refractivity contribution in [3.8, 4) is 0 Å². The number of hydrogen-bond acceptors (Lipinski definition) is 14. The monoisotopic (exact) mass is 769 g/mol. The average molecular weight is 770 g/mol. The molecule has 24 heteroatoms. The molecule has 0 aliphatic heterocycles. The summed E-state index contributed by atoms with van der Waals surface area (Å²) in [6.45, 7) is 1.36. The first kappa shape index (κ1) is 42.0. The number of benzene rings is 1. The van der Waals surface area contributed by atoms with Crippen LogP contribution < -0.4 is 49.3 Å². The topological polar surface area (TPSA) is 402 Å². The van der Waals surface area contributed by atoms with E-state index in [0.29, 0.717) is 11.4 Å². The molecular formula is C31H39N13O11. The van der Waals surface area contributed by atoms with Gasteiger partial charge in [-0.2, -0.15) is 4.98 Å². The van der Waals surface area contributed by atoms with Crippen LogP contribution in [0.15, 0.2) is 40.2 Å². The maximum Gasteiger partial charge on any atom is 0.326 e. The van der Waals surface area contributed by atoms with Gasteiger partial charge in [0, 0.05) is 17.8 Å². The quantitative estimate of drug-likeness (QED) is 0.0302. The van der Waals surface area contributed by atoms with Crippen molar-refractivity contribution < 1.29 is 48.9 Å². The summed E-state index contributed by atoms with van der Waals surface area (Å²) in [4.78, 5) is 116. The van der Waals surface area contributed by atoms with Gasteiger partial charge in [0.25, 0.3) is 11.5 Å². The molecule has 0 aliphatic carbocycles. The molecule has 4 atom stereocenters. The third-order valence-electron chi connectivity index (χ3n) is 7.45. The number of nitrogens with zero attached hydrogens (tertiary/aromatic N) is 4. The number of rotatable bonds is 20. The number of anilines is 2. The second kappa shape index (κ2) is 19.4. The Labute approximate surface area is 309 Å². The van der Waals surface area contributed by atoms with Gasteiger partial charge in [0.15, 0.2) is 17.1 Å². The summed E-state index contributed by atoms with van der Waals surface area (Å²) in [5.74, 6) is -8.93. The van der Waals surface area contributed by atoms with Gasteiger partial charge in [-0.15, -0.1) is 0 Å². The van der Waals surface area contributed by atoms with E-state index in [-0.39, 0.29) is 54.6 Å². The zero-order chi connectivity index (χ0) is 40.8. The number of hydrogen-bond donors (Lipinski definition) is 12. The van der Waals surface area contributed by atoms with Crippen LogP contribution in [0.5, 0.6) is 0 Å². The Kier molecular flexibility index (Phi) is 14.9. The van der Waals surface area contributed by atoms with Crippen LogP contribution in [0.2, 0.25) is 0 Å². The third-order valence-corrected chi connectivity index (χ3v) is 7.45. The highest BCUT2D eigenvalue weighted by Crippen LogP contribution is 2.12. The van der Waals surface area contributed by atoms with Gasteiger partial charge in [0.05, 0.1) is 31.3 Å². The van der Waals surface area contributed by atoms with Crippen molar-refractivity contribution in [3.63, 3.8) is 0 Å². The molecule has 4 amide bonds. The Morgan fingerprint density at radius 2 is 1.44 bits per heavy atom. The van der Waals surface area contributed by atoms with Gasteiger partial charge in [0.1, 0.15) is 24.2 Å². The Morgan fingerprint density at radius 1 is 0.836 bits per heavy atom. The molecular weight excluding hydrogens is 730 g/mol. The lowest BCUT2D eigenvalue weighted by atomic mass is 10.1. The van der Waals surface area contributed by atoms with Gasteiger partial charge in [0.2, 0.25) is 23.7 Å². The number of H-pyrrole nitrogens is 1. The second-order valence-corrected chi connectivity index (χ2v) is 11.8. The molecule has 0 fully saturated rings. The molecule has 0 saturated heterocycles. The summed E-state index contributed by atoms with van der Waals surface area (Å²) >= 11 is 0. The van der Waals surface area contributed by atoms with Crippen molar-refractivity contribution in [2.45, 2.75) is 63.3 Å². The highest BCUT2D eigenvalue weighted by molar-refractivity contribution is 5.98. The average Bonchev–Trinajstić information content (AvgIpc) is 3.11. The molecule has 0 unspecified atom stereocenters. The van der Waals surface area contributed by atoms with Crippen molar-refractivity contribution >= 4 is 70.3 Å². The van der Waals surface area contributed by atoms with Gasteiger partial charge in [-0.05, 0) is 44.0 Å². The van der Waals surface area contributed by atoms with Gasteiger partial charge < -0.3 is 59.1 Å². The number of carboxylic acid groups (broad SMARTS) is 3. The normalized spacial score (nSPS) is 12.9. The number of aliphatic imine (C=N–C) groups is 1. The van der Waals surface area contributed by atoms with Crippen LogP contribution in [0.3, 0.4) is 0 Å². The van der Waals surface area contributed by atoms with Crippen LogP contribution in [0, 0.1) is 0 Å². The Balaban J connectivity index is 1.58. The number of aromatic nitrogens is 4. The molecule has 1 aromatic carbocycles. The number of nitrogens with one attached hydrogen (secondary N) is 6. The maximum atomic E-state index is 12.9. The number of guanidine groups is 1. The number of aliphatic carboxylic acids is 3. The fourth-order valence-electron chi connectivity index (χ4n) is 4.66. The first-order valence-corrected chi connectivity index (χ1v) is 16.2. The van der Waals surface area contributed by atoms with Gasteiger partial charge in [-0.3, -0.25) is 38.7 Å². The first-order valence-electron chi connectivity index (χ1n) is 16.2. The fraction of sp³-hybridized carbons (Fsp3) is 0.355. The summed E-state index contributed by atoms with van der Waals surface area (Å²) in [7, 11) is 0. The summed E-state index contributed by atoms with van der Waals surface area (Å²) in [5, 5.41) is 40.1. The van der Waals surface area contributed by atoms with Crippen LogP contribution in [-0.2, 0) is 35.3 Å². The van der Waals surface area contributed by atoms with Crippen LogP contribution >= 0.6 is 0 Å². The summed E-state index contributed by atoms with van der Waals surface area (Å²) in [6, 6.07) is -0.670. The Hall–Kier alpha value is -7.40. The van der Waals surface area contributed by atoms with Gasteiger partial charge in [-0.25, -0.2) is 19.6 Å². The highest BCUT2D eigenvalue weighted by Gasteiger charge is 2.30. The van der Waals surface area contributed by atoms with Crippen molar-refractivity contribution in [1.82, 2.24) is 41.2 Å². The summed E-state index contributed by atoms with van der Waals surface area (Å²) in [6.07, 6.45) is -0.367. The lowest BCUT2D eigenvalue weighted by Crippen LogP contribution is -2.52. The number of nitrogen functional groups attached to an aromatic ring is 1. The minimum atomic E-state index is -1.89. The van der Waals surface area contributed by atoms with E-state index in [0.717, 1.165) is 0 Å². The van der Waals surface area contributed by atoms with E-state index in [1.165, 1.54) is 37.4 Å². The van der Waals surface area contributed by atoms with Crippen molar-refractivity contribution in [3.05, 3.63) is 52.1 Å². The van der Waals surface area contributed by atoms with E-state index in [9.17, 15) is 48.6 Å². The van der Waals surface area contributed by atoms with E-state index in [2.05, 4.69) is 46.2 Å². The minimum Gasteiger partial charge on any atom is -0.480 e. The number of nitrogens with two attached hydrogens (primary N) is 3. The predicted molar refractivity (Wildman–Crippen MR) is 191 cm³/mol. The lowest BCUT2D eigenvalue weighted by Gasteiger charge is -2.21. The number of aromatic amines is 1. The number of carbonyl (C=O) groups excluding carboxylic acids is 4. The van der Waals surface area contributed by atoms with Crippen LogP contribution in [-0.4, -0.2) is 113 Å². The van der Waals surface area contributed by atoms with E-state index >= 15 is 0 Å². The lowest BCUT2D eigenvalue weighted by molar-refractivity contribution is -0.145. The molecule has 0 saturated carbocycles. The molecule has 2 heterocycles. The van der Waals surface area contributed by atoms with Crippen molar-refractivity contribution in [1.29, 1.82) is 0 Å². The molecule has 2 aromatic heterocycles. The molecule has 294 valence electrons. The Bertz CT molecular complexity index is 2020. The summed E-state index contributed by atoms with van der Waals surface area (Å²) in [5.41, 5.74) is 16.4. The van der Waals surface area contributed by atoms with Crippen LogP contribution in [0.1, 0.15) is 48.7 Å². The van der Waals surface area contributed by atoms with Gasteiger partial charge >= 0.3 is 17.9 Å². The number of carbonyl (C=O) groups is 7. The largest absolute Gasteiger partial charge is 0.480 e. The fourth-order valence-corrected chi connectivity index (χ4v) is 4.66. The smallest absolute Gasteiger partial charge is 0.326 e. The standard InChI is InChI=1S/C31H39N13O11/c1-13(27(50)51)38-25(48)17(3-2-8-35-30(32)33)40-20(45)9-18(28(52)53)41-21(46)10-19(29(54)55)42-24(47)14-4-6-15(7-5-14)36-11-16-12-37-23-22(39-16)26(49)44-31(34)43-23/h4-7,12-13,17-19,36H,2-3,8-11H2,1H3,(H,38,48)(H,40,45)(H,41,46)(H,42,47)(H,50,51)(H,52,53)(H,54,55)(H4,32,33,35)(H3,34,37,43,44,49)/t13-,17-,18-,19-/m0/s1. The SMILES string of the molecule is C[C@H](NC(=O)[C@H](CCCN=C(N)N)NC(=O)C[C@H](NC(=O)C[C@H](NC(=O)c1ccc(NCc2cnc3nc(N)[nH]c(=O)c3n2)cc1)C(=O)O)C(=O)O)C(=O)O. The molecule has 55 heavy (non-hydrogen) atoms. The van der Waals surface area contributed by atoms with E-state index < -0.39 is 84.1 Å². The molecule has 3 rings (SSSR count). The van der Waals surface area contributed by atoms with E-state index in [4.69, 9.17) is 22.3 Å². The molecule has 3 aromatic rings. The second-order valence-electron chi connectivity index (χ2n) is 11.8. The molecule has 0 aliphatic rings. The Morgan fingerprint density at radius 3 is 2.02 bits per heavy atom. The van der Waals surface area contributed by atoms with Crippen molar-refractivity contribution in [2.75, 3.05) is 17.6 Å². The predicted octanol–water partition coefficient (Wildman–Crippen LogP) is -3.43. The zero-order valence-corrected chi connectivity index (χ0v) is 29.1. The van der Waals surface area contributed by atoms with E-state index in [1.54, 1.807) is 0 Å². The molecule has 0 bridgehead atoms. The van der Waals surface area contributed by atoms with Crippen LogP contribution in [0.4, 0.5) is 11.6 Å². The summed E-state index contributed by atoms with van der Waals surface area (Å²) < 4.78 is 0. The first-order chi connectivity index (χ1) is 25.9. The number of fused-ring (bicyclic) bond motifs is 1. The van der Waals surface area contributed by atoms with E-state index in [1.807, 2.05) is 5.32 Å². The molecule has 15 N–H and O–H groups in total. The molecule has 0 spiro atoms. The minimum absolute atomic E-state index is 0.00706.